The maximum absolute atomic E-state index is 4.31. The third-order valence-electron chi connectivity index (χ3n) is 3.05. The van der Waals surface area contributed by atoms with Gasteiger partial charge in [0.25, 0.3) is 0 Å². The Balaban J connectivity index is 2.46. The molecular weight excluding hydrogens is 254 g/mol. The Morgan fingerprint density at radius 3 is 2.37 bits per heavy atom. The van der Waals surface area contributed by atoms with Crippen LogP contribution in [-0.4, -0.2) is 35.6 Å². The number of hydrogen-bond donors (Lipinski definition) is 1. The maximum Gasteiger partial charge on any atom is 0.0798 e. The van der Waals surface area contributed by atoms with Crippen molar-refractivity contribution in [2.45, 2.75) is 53.6 Å². The molecule has 0 aliphatic carbocycles. The molecule has 0 radical (unpaired) electrons. The van der Waals surface area contributed by atoms with Gasteiger partial charge >= 0.3 is 0 Å². The standard InChI is InChI=1S/C15H29N3S/c1-12-13(19-11-16-12)8-18(7)10-15(5,6)9-17-14(2,3)4/h11,17H,8-10H2,1-7H3. The Hall–Kier alpha value is -0.450. The third kappa shape index (κ3) is 6.50. The normalized spacial score (nSPS) is 13.3. The minimum Gasteiger partial charge on any atom is -0.311 e. The second-order valence-electron chi connectivity index (χ2n) is 7.30. The molecule has 3 nitrogen and oxygen atoms in total. The smallest absolute Gasteiger partial charge is 0.0798 e. The predicted molar refractivity (Wildman–Crippen MR) is 84.7 cm³/mol. The van der Waals surface area contributed by atoms with E-state index < -0.39 is 0 Å². The van der Waals surface area contributed by atoms with Crippen LogP contribution in [0, 0.1) is 12.3 Å². The first kappa shape index (κ1) is 16.6. The van der Waals surface area contributed by atoms with E-state index in [9.17, 15) is 0 Å². The lowest BCUT2D eigenvalue weighted by Gasteiger charge is -2.33. The molecule has 1 aromatic heterocycles. The molecule has 0 bridgehead atoms. The molecule has 0 saturated heterocycles. The van der Waals surface area contributed by atoms with Crippen LogP contribution in [0.25, 0.3) is 0 Å². The summed E-state index contributed by atoms with van der Waals surface area (Å²) in [7, 11) is 2.19. The number of nitrogens with zero attached hydrogens (tertiary/aromatic N) is 2. The van der Waals surface area contributed by atoms with Crippen LogP contribution in [0.2, 0.25) is 0 Å². The van der Waals surface area contributed by atoms with Gasteiger partial charge in [0.2, 0.25) is 0 Å². The lowest BCUT2D eigenvalue weighted by atomic mass is 9.91. The molecule has 0 amide bonds. The molecule has 1 heterocycles. The Labute approximate surface area is 122 Å². The molecule has 0 saturated carbocycles. The molecule has 1 rings (SSSR count). The average Bonchev–Trinajstić information content (AvgIpc) is 2.60. The molecule has 0 fully saturated rings. The second-order valence-corrected chi connectivity index (χ2v) is 8.24. The molecule has 0 unspecified atom stereocenters. The van der Waals surface area contributed by atoms with Gasteiger partial charge < -0.3 is 10.2 Å². The van der Waals surface area contributed by atoms with Crippen LogP contribution in [0.15, 0.2) is 5.51 Å². The number of thiazole rings is 1. The summed E-state index contributed by atoms with van der Waals surface area (Å²) in [6.07, 6.45) is 0. The van der Waals surface area contributed by atoms with Crippen LogP contribution < -0.4 is 5.32 Å². The van der Waals surface area contributed by atoms with Gasteiger partial charge in [-0.1, -0.05) is 13.8 Å². The molecule has 4 heteroatoms. The van der Waals surface area contributed by atoms with E-state index in [-0.39, 0.29) is 11.0 Å². The first-order valence-corrected chi connectivity index (χ1v) is 7.80. The summed E-state index contributed by atoms with van der Waals surface area (Å²) in [5, 5.41) is 3.60. The molecule has 1 N–H and O–H groups in total. The van der Waals surface area contributed by atoms with Gasteiger partial charge in [-0.3, -0.25) is 0 Å². The fraction of sp³-hybridized carbons (Fsp3) is 0.800. The highest BCUT2D eigenvalue weighted by atomic mass is 32.1. The van der Waals surface area contributed by atoms with Crippen LogP contribution in [0.3, 0.4) is 0 Å². The summed E-state index contributed by atoms with van der Waals surface area (Å²) in [6.45, 7) is 16.5. The van der Waals surface area contributed by atoms with E-state index in [1.807, 2.05) is 5.51 Å². The van der Waals surface area contributed by atoms with Gasteiger partial charge in [-0.15, -0.1) is 11.3 Å². The van der Waals surface area contributed by atoms with E-state index in [2.05, 4.69) is 63.8 Å². The molecule has 0 aliphatic rings. The molecule has 0 aromatic carbocycles. The van der Waals surface area contributed by atoms with Crippen LogP contribution in [0.5, 0.6) is 0 Å². The highest BCUT2D eigenvalue weighted by Gasteiger charge is 2.23. The number of hydrogen-bond acceptors (Lipinski definition) is 4. The number of aromatic nitrogens is 1. The van der Waals surface area contributed by atoms with Gasteiger partial charge in [0, 0.05) is 30.1 Å². The number of nitrogens with one attached hydrogen (secondary N) is 1. The largest absolute Gasteiger partial charge is 0.311 e. The van der Waals surface area contributed by atoms with E-state index in [4.69, 9.17) is 0 Å². The Morgan fingerprint density at radius 2 is 1.89 bits per heavy atom. The van der Waals surface area contributed by atoms with Crippen LogP contribution >= 0.6 is 11.3 Å². The van der Waals surface area contributed by atoms with Crippen LogP contribution in [-0.2, 0) is 6.54 Å². The summed E-state index contributed by atoms with van der Waals surface area (Å²) in [5.74, 6) is 0. The monoisotopic (exact) mass is 283 g/mol. The molecule has 19 heavy (non-hydrogen) atoms. The van der Waals surface area contributed by atoms with Crippen LogP contribution in [0.4, 0.5) is 0 Å². The second kappa shape index (κ2) is 6.33. The minimum atomic E-state index is 0.185. The van der Waals surface area contributed by atoms with Gasteiger partial charge in [-0.2, -0.15) is 0 Å². The Morgan fingerprint density at radius 1 is 1.26 bits per heavy atom. The summed E-state index contributed by atoms with van der Waals surface area (Å²) in [4.78, 5) is 8.08. The van der Waals surface area contributed by atoms with Crippen LogP contribution in [0.1, 0.15) is 45.2 Å². The zero-order valence-electron chi connectivity index (χ0n) is 13.5. The van der Waals surface area contributed by atoms with Crippen molar-refractivity contribution >= 4 is 11.3 Å². The zero-order chi connectivity index (χ0) is 14.7. The van der Waals surface area contributed by atoms with Crippen molar-refractivity contribution in [2.75, 3.05) is 20.1 Å². The first-order valence-electron chi connectivity index (χ1n) is 6.92. The fourth-order valence-corrected chi connectivity index (χ4v) is 2.93. The lowest BCUT2D eigenvalue weighted by molar-refractivity contribution is 0.187. The van der Waals surface area contributed by atoms with E-state index in [0.29, 0.717) is 0 Å². The summed E-state index contributed by atoms with van der Waals surface area (Å²) < 4.78 is 0. The molecule has 1 aromatic rings. The number of rotatable bonds is 6. The van der Waals surface area contributed by atoms with Crippen molar-refractivity contribution in [3.63, 3.8) is 0 Å². The van der Waals surface area contributed by atoms with Gasteiger partial charge in [-0.25, -0.2) is 4.98 Å². The molecular formula is C15H29N3S. The van der Waals surface area contributed by atoms with Crippen molar-refractivity contribution in [1.29, 1.82) is 0 Å². The molecule has 0 aliphatic heterocycles. The third-order valence-corrected chi connectivity index (χ3v) is 3.97. The Kier molecular flexibility index (Phi) is 5.53. The molecule has 0 spiro atoms. The topological polar surface area (TPSA) is 28.2 Å². The zero-order valence-corrected chi connectivity index (χ0v) is 14.3. The lowest BCUT2D eigenvalue weighted by Crippen LogP contribution is -2.45. The van der Waals surface area contributed by atoms with Crippen molar-refractivity contribution in [3.8, 4) is 0 Å². The maximum atomic E-state index is 4.31. The highest BCUT2D eigenvalue weighted by Crippen LogP contribution is 2.20. The Bertz CT molecular complexity index is 390. The van der Waals surface area contributed by atoms with Crippen molar-refractivity contribution in [2.24, 2.45) is 5.41 Å². The average molecular weight is 283 g/mol. The predicted octanol–water partition coefficient (Wildman–Crippen LogP) is 3.30. The van der Waals surface area contributed by atoms with E-state index in [1.165, 1.54) is 10.6 Å². The summed E-state index contributed by atoms with van der Waals surface area (Å²) >= 11 is 1.75. The fourth-order valence-electron chi connectivity index (χ4n) is 2.07. The quantitative estimate of drug-likeness (QED) is 0.868. The molecule has 110 valence electrons. The minimum absolute atomic E-state index is 0.185. The van der Waals surface area contributed by atoms with Crippen molar-refractivity contribution in [1.82, 2.24) is 15.2 Å². The molecule has 0 atom stereocenters. The van der Waals surface area contributed by atoms with E-state index in [1.54, 1.807) is 11.3 Å². The van der Waals surface area contributed by atoms with Crippen molar-refractivity contribution in [3.05, 3.63) is 16.1 Å². The van der Waals surface area contributed by atoms with Gasteiger partial charge in [-0.05, 0) is 40.2 Å². The first-order chi connectivity index (χ1) is 8.59. The van der Waals surface area contributed by atoms with E-state index in [0.717, 1.165) is 19.6 Å². The number of aryl methyl sites for hydroxylation is 1. The van der Waals surface area contributed by atoms with E-state index >= 15 is 0 Å². The highest BCUT2D eigenvalue weighted by molar-refractivity contribution is 7.09. The van der Waals surface area contributed by atoms with Gasteiger partial charge in [0.1, 0.15) is 0 Å². The SMILES string of the molecule is Cc1ncsc1CN(C)CC(C)(C)CNC(C)(C)C. The summed E-state index contributed by atoms with van der Waals surface area (Å²) in [5.41, 5.74) is 3.55. The summed E-state index contributed by atoms with van der Waals surface area (Å²) in [6, 6.07) is 0. The van der Waals surface area contributed by atoms with Gasteiger partial charge in [0.05, 0.1) is 11.2 Å². The van der Waals surface area contributed by atoms with Gasteiger partial charge in [0.15, 0.2) is 0 Å². The van der Waals surface area contributed by atoms with Crippen molar-refractivity contribution < 1.29 is 0 Å².